The van der Waals surface area contributed by atoms with Crippen LogP contribution >= 0.6 is 0 Å². The van der Waals surface area contributed by atoms with Gasteiger partial charge in [-0.25, -0.2) is 4.79 Å². The lowest BCUT2D eigenvalue weighted by Crippen LogP contribution is -2.07. The third kappa shape index (κ3) is 1.56. The number of ketones is 1. The minimum absolute atomic E-state index is 0.379. The van der Waals surface area contributed by atoms with Crippen molar-refractivity contribution in [2.75, 3.05) is 0 Å². The van der Waals surface area contributed by atoms with E-state index in [1.54, 1.807) is 6.92 Å². The summed E-state index contributed by atoms with van der Waals surface area (Å²) in [6.45, 7) is 3.57. The third-order valence-corrected chi connectivity index (χ3v) is 2.38. The lowest BCUT2D eigenvalue weighted by atomic mass is 10.1. The quantitative estimate of drug-likeness (QED) is 0.515. The van der Waals surface area contributed by atoms with Crippen LogP contribution in [0.3, 0.4) is 0 Å². The van der Waals surface area contributed by atoms with E-state index in [4.69, 9.17) is 4.74 Å². The van der Waals surface area contributed by atoms with Crippen molar-refractivity contribution in [1.82, 2.24) is 0 Å². The number of benzene rings is 1. The van der Waals surface area contributed by atoms with Crippen LogP contribution in [0.25, 0.3) is 5.76 Å². The van der Waals surface area contributed by atoms with E-state index in [-0.39, 0.29) is 0 Å². The zero-order valence-electron chi connectivity index (χ0n) is 8.53. The van der Waals surface area contributed by atoms with E-state index in [9.17, 15) is 9.59 Å². The number of Topliss-reactive ketones (excluding diaryl/α,β-unsaturated/α-hetero) is 1. The van der Waals surface area contributed by atoms with E-state index in [1.165, 1.54) is 0 Å². The van der Waals surface area contributed by atoms with Crippen LogP contribution in [-0.2, 0) is 14.3 Å². The molecule has 0 aromatic heterocycles. The van der Waals surface area contributed by atoms with E-state index < -0.39 is 11.8 Å². The molecule has 0 saturated heterocycles. The predicted octanol–water partition coefficient (Wildman–Crippen LogP) is 1.85. The predicted molar refractivity (Wildman–Crippen MR) is 54.9 cm³/mol. The molecule has 0 radical (unpaired) electrons. The molecule has 2 rings (SSSR count). The maximum absolute atomic E-state index is 11.2. The van der Waals surface area contributed by atoms with Crippen molar-refractivity contribution in [1.29, 1.82) is 0 Å². The molecule has 76 valence electrons. The fourth-order valence-electron chi connectivity index (χ4n) is 1.45. The van der Waals surface area contributed by atoms with Crippen molar-refractivity contribution in [2.45, 2.75) is 13.8 Å². The van der Waals surface area contributed by atoms with Crippen molar-refractivity contribution in [3.8, 4) is 0 Å². The second-order valence-corrected chi connectivity index (χ2v) is 3.54. The number of carbonyl (C=O) groups excluding carboxylic acids is 2. The van der Waals surface area contributed by atoms with Gasteiger partial charge in [-0.15, -0.1) is 0 Å². The highest BCUT2D eigenvalue weighted by molar-refractivity contribution is 6.45. The molecule has 1 aliphatic rings. The van der Waals surface area contributed by atoms with Gasteiger partial charge in [0, 0.05) is 11.1 Å². The molecule has 1 aromatic rings. The Morgan fingerprint density at radius 3 is 2.07 bits per heavy atom. The lowest BCUT2D eigenvalue weighted by Gasteiger charge is -2.02. The van der Waals surface area contributed by atoms with Gasteiger partial charge in [0.15, 0.2) is 0 Å². The average molecular weight is 202 g/mol. The number of rotatable bonds is 1. The van der Waals surface area contributed by atoms with Gasteiger partial charge in [0.2, 0.25) is 0 Å². The fraction of sp³-hybridized carbons (Fsp3) is 0.167. The summed E-state index contributed by atoms with van der Waals surface area (Å²) in [5.41, 5.74) is 2.26. The van der Waals surface area contributed by atoms with Gasteiger partial charge in [-0.2, -0.15) is 0 Å². The Morgan fingerprint density at radius 1 is 1.00 bits per heavy atom. The van der Waals surface area contributed by atoms with Crippen LogP contribution in [0.15, 0.2) is 29.8 Å². The first-order valence-corrected chi connectivity index (χ1v) is 4.64. The molecule has 0 spiro atoms. The van der Waals surface area contributed by atoms with Crippen LogP contribution in [0.4, 0.5) is 0 Å². The largest absolute Gasteiger partial charge is 0.419 e. The van der Waals surface area contributed by atoms with Crippen molar-refractivity contribution in [3.05, 3.63) is 41.0 Å². The second-order valence-electron chi connectivity index (χ2n) is 3.54. The van der Waals surface area contributed by atoms with E-state index in [1.807, 2.05) is 31.2 Å². The van der Waals surface area contributed by atoms with Gasteiger partial charge in [-0.1, -0.05) is 29.8 Å². The smallest absolute Gasteiger partial charge is 0.384 e. The molecule has 3 nitrogen and oxygen atoms in total. The van der Waals surface area contributed by atoms with Crippen LogP contribution in [0.1, 0.15) is 18.1 Å². The SMILES string of the molecule is CC1=C(c2ccc(C)cc2)OC(=O)C1=O. The molecule has 0 atom stereocenters. The normalized spacial score (nSPS) is 15.9. The summed E-state index contributed by atoms with van der Waals surface area (Å²) in [6, 6.07) is 7.48. The number of hydrogen-bond donors (Lipinski definition) is 0. The van der Waals surface area contributed by atoms with Crippen molar-refractivity contribution >= 4 is 17.5 Å². The molecular weight excluding hydrogens is 192 g/mol. The lowest BCUT2D eigenvalue weighted by molar-refractivity contribution is -0.144. The van der Waals surface area contributed by atoms with E-state index in [0.29, 0.717) is 11.3 Å². The van der Waals surface area contributed by atoms with Gasteiger partial charge in [0.05, 0.1) is 0 Å². The number of hydrogen-bond acceptors (Lipinski definition) is 3. The highest BCUT2D eigenvalue weighted by atomic mass is 16.5. The Balaban J connectivity index is 2.45. The van der Waals surface area contributed by atoms with Crippen molar-refractivity contribution in [3.63, 3.8) is 0 Å². The van der Waals surface area contributed by atoms with Gasteiger partial charge in [0.25, 0.3) is 5.78 Å². The number of cyclic esters (lactones) is 1. The van der Waals surface area contributed by atoms with Crippen LogP contribution < -0.4 is 0 Å². The number of ether oxygens (including phenoxy) is 1. The molecular formula is C12H10O3. The number of aryl methyl sites for hydroxylation is 1. The minimum atomic E-state index is -0.789. The topological polar surface area (TPSA) is 43.4 Å². The van der Waals surface area contributed by atoms with Crippen molar-refractivity contribution in [2.24, 2.45) is 0 Å². The van der Waals surface area contributed by atoms with Gasteiger partial charge in [-0.05, 0) is 13.8 Å². The Hall–Kier alpha value is -1.90. The first-order chi connectivity index (χ1) is 7.09. The monoisotopic (exact) mass is 202 g/mol. The van der Waals surface area contributed by atoms with Gasteiger partial charge < -0.3 is 4.74 Å². The molecule has 0 unspecified atom stereocenters. The van der Waals surface area contributed by atoms with E-state index in [0.717, 1.165) is 11.1 Å². The first-order valence-electron chi connectivity index (χ1n) is 4.64. The zero-order valence-corrected chi connectivity index (χ0v) is 8.53. The maximum atomic E-state index is 11.2. The highest BCUT2D eigenvalue weighted by Gasteiger charge is 2.31. The fourth-order valence-corrected chi connectivity index (χ4v) is 1.45. The molecule has 0 N–H and O–H groups in total. The summed E-state index contributed by atoms with van der Waals surface area (Å²) >= 11 is 0. The molecule has 3 heteroatoms. The Labute approximate surface area is 87.4 Å². The second kappa shape index (κ2) is 3.35. The minimum Gasteiger partial charge on any atom is -0.419 e. The Morgan fingerprint density at radius 2 is 1.60 bits per heavy atom. The van der Waals surface area contributed by atoms with E-state index in [2.05, 4.69) is 0 Å². The van der Waals surface area contributed by atoms with Crippen LogP contribution in [0.2, 0.25) is 0 Å². The molecule has 15 heavy (non-hydrogen) atoms. The summed E-state index contributed by atoms with van der Waals surface area (Å²) in [7, 11) is 0. The van der Waals surface area contributed by atoms with Gasteiger partial charge in [0.1, 0.15) is 5.76 Å². The number of esters is 1. The summed E-state index contributed by atoms with van der Waals surface area (Å²) < 4.78 is 4.90. The third-order valence-electron chi connectivity index (χ3n) is 2.38. The molecule has 0 fully saturated rings. The molecule has 1 aliphatic heterocycles. The molecule has 1 aromatic carbocycles. The summed E-state index contributed by atoms with van der Waals surface area (Å²) in [5.74, 6) is -0.960. The highest BCUT2D eigenvalue weighted by Crippen LogP contribution is 2.26. The summed E-state index contributed by atoms with van der Waals surface area (Å²) in [5, 5.41) is 0. The zero-order chi connectivity index (χ0) is 11.0. The van der Waals surface area contributed by atoms with Crippen molar-refractivity contribution < 1.29 is 14.3 Å². The Kier molecular flexibility index (Phi) is 2.15. The van der Waals surface area contributed by atoms with Crippen LogP contribution in [-0.4, -0.2) is 11.8 Å². The standard InChI is InChI=1S/C12H10O3/c1-7-3-5-9(6-4-7)11-8(2)10(13)12(14)15-11/h3-6H,1-2H3. The molecule has 0 amide bonds. The summed E-state index contributed by atoms with van der Waals surface area (Å²) in [6.07, 6.45) is 0. The average Bonchev–Trinajstić information content (AvgIpc) is 2.47. The molecule has 0 bridgehead atoms. The molecule has 0 aliphatic carbocycles. The van der Waals surface area contributed by atoms with E-state index >= 15 is 0 Å². The maximum Gasteiger partial charge on any atom is 0.384 e. The van der Waals surface area contributed by atoms with Crippen LogP contribution in [0, 0.1) is 6.92 Å². The summed E-state index contributed by atoms with van der Waals surface area (Å²) in [4.78, 5) is 22.2. The molecule has 1 heterocycles. The van der Waals surface area contributed by atoms with Gasteiger partial charge >= 0.3 is 5.97 Å². The first kappa shape index (κ1) is 9.65. The Bertz CT molecular complexity index is 466. The van der Waals surface area contributed by atoms with Crippen LogP contribution in [0.5, 0.6) is 0 Å². The number of carbonyl (C=O) groups is 2. The molecule has 0 saturated carbocycles. The van der Waals surface area contributed by atoms with Gasteiger partial charge in [-0.3, -0.25) is 4.79 Å².